The first-order valence-electron chi connectivity index (χ1n) is 16.5. The van der Waals surface area contributed by atoms with E-state index in [0.717, 1.165) is 16.7 Å². The zero-order valence-electron chi connectivity index (χ0n) is 28.1. The van der Waals surface area contributed by atoms with Gasteiger partial charge in [0.2, 0.25) is 17.7 Å². The molecule has 2 aliphatic rings. The third-order valence-corrected chi connectivity index (χ3v) is 8.30. The van der Waals surface area contributed by atoms with E-state index in [2.05, 4.69) is 26.3 Å². The Morgan fingerprint density at radius 2 is 1.58 bits per heavy atom. The lowest BCUT2D eigenvalue weighted by atomic mass is 10.0. The summed E-state index contributed by atoms with van der Waals surface area (Å²) in [4.78, 5) is 73.0. The van der Waals surface area contributed by atoms with Crippen LogP contribution in [0.1, 0.15) is 77.4 Å². The first kappa shape index (κ1) is 35.8. The highest BCUT2D eigenvalue weighted by Gasteiger charge is 2.29. The molecular formula is C37H46N6O5. The minimum atomic E-state index is -0.979. The fraction of sp³-hybridized carbons (Fsp3) is 0.405. The largest absolute Gasteiger partial charge is 0.354 e. The molecule has 11 nitrogen and oxygen atoms in total. The summed E-state index contributed by atoms with van der Waals surface area (Å²) in [5.74, 6) is -1.88. The fourth-order valence-electron chi connectivity index (χ4n) is 5.54. The second kappa shape index (κ2) is 17.2. The summed E-state index contributed by atoms with van der Waals surface area (Å²) in [6, 6.07) is 15.3. The van der Waals surface area contributed by atoms with Crippen LogP contribution in [0, 0.1) is 12.8 Å². The number of pyridine rings is 1. The number of benzene rings is 2. The van der Waals surface area contributed by atoms with Gasteiger partial charge in [-0.15, -0.1) is 0 Å². The van der Waals surface area contributed by atoms with E-state index in [4.69, 9.17) is 0 Å². The molecular weight excluding hydrogens is 608 g/mol. The van der Waals surface area contributed by atoms with Crippen LogP contribution >= 0.6 is 0 Å². The number of rotatable bonds is 5. The zero-order chi connectivity index (χ0) is 34.6. The van der Waals surface area contributed by atoms with Gasteiger partial charge in [0, 0.05) is 44.0 Å². The van der Waals surface area contributed by atoms with Gasteiger partial charge in [0.05, 0.1) is 5.56 Å². The number of carbonyl (C=O) groups excluding carboxylic acids is 5. The molecule has 254 valence electrons. The first-order chi connectivity index (χ1) is 23.0. The van der Waals surface area contributed by atoms with E-state index in [1.807, 2.05) is 51.1 Å². The Morgan fingerprint density at radius 1 is 0.875 bits per heavy atom. The number of nitrogens with one attached hydrogen (secondary N) is 4. The Labute approximate surface area is 282 Å². The van der Waals surface area contributed by atoms with Crippen molar-refractivity contribution < 1.29 is 24.0 Å². The van der Waals surface area contributed by atoms with Crippen molar-refractivity contribution in [2.75, 3.05) is 13.1 Å². The highest BCUT2D eigenvalue weighted by atomic mass is 16.2. The quantitative estimate of drug-likeness (QED) is 0.310. The Balaban J connectivity index is 1.63. The van der Waals surface area contributed by atoms with E-state index in [-0.39, 0.29) is 24.2 Å². The standard InChI is InChI=1S/C37H46N6O5/c1-24(2)20-31-35(46)40-26(4)33(44)39-17-8-9-19-43(37(48)30-22-38-18-16-25(30)3)23-28-12-14-29(15-13-28)34(45)41-32(36(47)42-31)21-27-10-6-5-7-11-27/h5-7,10-16,18,22,24,26,31-32H,8-9,17,19-21,23H2,1-4H3,(H,39,44)(H,40,46)(H,41,45)(H,42,47)/t26-,31+,32-/m1/s1. The van der Waals surface area contributed by atoms with Crippen LogP contribution in [0.2, 0.25) is 0 Å². The lowest BCUT2D eigenvalue weighted by Gasteiger charge is -2.25. The van der Waals surface area contributed by atoms with Crippen molar-refractivity contribution in [3.63, 3.8) is 0 Å². The van der Waals surface area contributed by atoms with Gasteiger partial charge in [-0.2, -0.15) is 0 Å². The lowest BCUT2D eigenvalue weighted by molar-refractivity contribution is -0.132. The number of hydrogen-bond donors (Lipinski definition) is 4. The molecule has 0 saturated heterocycles. The molecule has 0 radical (unpaired) electrons. The van der Waals surface area contributed by atoms with Gasteiger partial charge in [-0.05, 0) is 73.9 Å². The van der Waals surface area contributed by atoms with Crippen molar-refractivity contribution in [1.29, 1.82) is 0 Å². The highest BCUT2D eigenvalue weighted by Crippen LogP contribution is 2.16. The van der Waals surface area contributed by atoms with Crippen LogP contribution in [0.4, 0.5) is 0 Å². The maximum absolute atomic E-state index is 13.7. The maximum atomic E-state index is 13.7. The third kappa shape index (κ3) is 10.2. The van der Waals surface area contributed by atoms with Crippen LogP contribution < -0.4 is 21.3 Å². The van der Waals surface area contributed by atoms with Gasteiger partial charge in [0.1, 0.15) is 18.1 Å². The zero-order valence-corrected chi connectivity index (χ0v) is 28.1. The van der Waals surface area contributed by atoms with E-state index in [0.29, 0.717) is 50.0 Å². The van der Waals surface area contributed by atoms with Crippen molar-refractivity contribution in [3.05, 3.63) is 101 Å². The SMILES string of the molecule is Cc1ccncc1C(=O)N1CCCCNC(=O)[C@@H](C)NC(=O)[C@H](CC(C)C)NC(=O)[C@@H](Cc2ccccc2)NC(=O)c2ccc(cc2)C1. The topological polar surface area (TPSA) is 150 Å². The molecule has 0 saturated carbocycles. The molecule has 5 rings (SSSR count). The summed E-state index contributed by atoms with van der Waals surface area (Å²) in [6.45, 7) is 8.44. The number of aryl methyl sites for hydroxylation is 1. The Hall–Kier alpha value is -5.06. The summed E-state index contributed by atoms with van der Waals surface area (Å²) in [5.41, 5.74) is 3.34. The van der Waals surface area contributed by atoms with Gasteiger partial charge in [0.25, 0.3) is 11.8 Å². The van der Waals surface area contributed by atoms with Gasteiger partial charge < -0.3 is 26.2 Å². The van der Waals surface area contributed by atoms with Gasteiger partial charge in [0.15, 0.2) is 0 Å². The van der Waals surface area contributed by atoms with Crippen molar-refractivity contribution in [1.82, 2.24) is 31.2 Å². The predicted octanol–water partition coefficient (Wildman–Crippen LogP) is 3.32. The molecule has 2 bridgehead atoms. The molecule has 0 fully saturated rings. The number of fused-ring (bicyclic) bond motifs is 18. The van der Waals surface area contributed by atoms with E-state index >= 15 is 0 Å². The molecule has 1 aromatic heterocycles. The monoisotopic (exact) mass is 654 g/mol. The molecule has 2 aromatic carbocycles. The van der Waals surface area contributed by atoms with E-state index in [1.165, 1.54) is 0 Å². The van der Waals surface area contributed by atoms with Gasteiger partial charge >= 0.3 is 0 Å². The second-order valence-corrected chi connectivity index (χ2v) is 12.7. The smallest absolute Gasteiger partial charge is 0.255 e. The Bertz CT molecular complexity index is 1580. The van der Waals surface area contributed by atoms with Crippen LogP contribution in [0.25, 0.3) is 0 Å². The molecule has 3 heterocycles. The normalized spacial score (nSPS) is 20.3. The fourth-order valence-corrected chi connectivity index (χ4v) is 5.54. The van der Waals surface area contributed by atoms with Crippen molar-refractivity contribution in [2.45, 2.75) is 78.0 Å². The van der Waals surface area contributed by atoms with Crippen LogP contribution in [0.15, 0.2) is 73.1 Å². The van der Waals surface area contributed by atoms with Crippen LogP contribution in [-0.2, 0) is 27.3 Å². The molecule has 0 spiro atoms. The minimum absolute atomic E-state index is 0.0638. The lowest BCUT2D eigenvalue weighted by Crippen LogP contribution is -2.57. The van der Waals surface area contributed by atoms with E-state index in [1.54, 1.807) is 54.5 Å². The van der Waals surface area contributed by atoms with Crippen molar-refractivity contribution in [3.8, 4) is 0 Å². The summed E-state index contributed by atoms with van der Waals surface area (Å²) in [5, 5.41) is 11.3. The minimum Gasteiger partial charge on any atom is -0.354 e. The summed E-state index contributed by atoms with van der Waals surface area (Å²) >= 11 is 0. The molecule has 5 amide bonds. The average molecular weight is 655 g/mol. The summed E-state index contributed by atoms with van der Waals surface area (Å²) < 4.78 is 0. The highest BCUT2D eigenvalue weighted by molar-refractivity contribution is 5.99. The summed E-state index contributed by atoms with van der Waals surface area (Å²) in [7, 11) is 0. The van der Waals surface area contributed by atoms with Gasteiger partial charge in [-0.25, -0.2) is 0 Å². The Morgan fingerprint density at radius 3 is 2.27 bits per heavy atom. The van der Waals surface area contributed by atoms with Crippen molar-refractivity contribution >= 4 is 29.5 Å². The second-order valence-electron chi connectivity index (χ2n) is 12.7. The van der Waals surface area contributed by atoms with Crippen LogP contribution in [0.3, 0.4) is 0 Å². The molecule has 2 aliphatic heterocycles. The summed E-state index contributed by atoms with van der Waals surface area (Å²) in [6.07, 6.45) is 4.98. The van der Waals surface area contributed by atoms with Crippen LogP contribution in [0.5, 0.6) is 0 Å². The molecule has 3 atom stereocenters. The molecule has 3 aromatic rings. The number of carbonyl (C=O) groups is 5. The van der Waals surface area contributed by atoms with Gasteiger partial charge in [-0.1, -0.05) is 56.3 Å². The van der Waals surface area contributed by atoms with E-state index < -0.39 is 35.8 Å². The first-order valence-corrected chi connectivity index (χ1v) is 16.5. The molecule has 0 unspecified atom stereocenters. The molecule has 11 heteroatoms. The maximum Gasteiger partial charge on any atom is 0.255 e. The Kier molecular flexibility index (Phi) is 12.8. The number of amides is 5. The molecule has 48 heavy (non-hydrogen) atoms. The predicted molar refractivity (Wildman–Crippen MR) is 183 cm³/mol. The van der Waals surface area contributed by atoms with Crippen LogP contribution in [-0.4, -0.2) is 70.6 Å². The average Bonchev–Trinajstić information content (AvgIpc) is 3.06. The number of nitrogens with zero attached hydrogens (tertiary/aromatic N) is 2. The third-order valence-electron chi connectivity index (χ3n) is 8.30. The number of hydrogen-bond acceptors (Lipinski definition) is 6. The van der Waals surface area contributed by atoms with Crippen molar-refractivity contribution in [2.24, 2.45) is 5.92 Å². The molecule has 4 N–H and O–H groups in total. The molecule has 0 aliphatic carbocycles. The number of aromatic nitrogens is 1. The van der Waals surface area contributed by atoms with Gasteiger partial charge in [-0.3, -0.25) is 29.0 Å². The van der Waals surface area contributed by atoms with E-state index in [9.17, 15) is 24.0 Å².